The number of carbonyl (C=O) groups excluding carboxylic acids is 2. The normalized spacial score (nSPS) is 26.3. The van der Waals surface area contributed by atoms with Gasteiger partial charge >= 0.3 is 6.03 Å². The molecule has 2 unspecified atom stereocenters. The van der Waals surface area contributed by atoms with Gasteiger partial charge in [-0.05, 0) is 48.4 Å². The van der Waals surface area contributed by atoms with Gasteiger partial charge in [0.05, 0.1) is 6.42 Å². The highest BCUT2D eigenvalue weighted by Gasteiger charge is 2.38. The first-order chi connectivity index (χ1) is 10.6. The third-order valence-corrected chi connectivity index (χ3v) is 5.42. The van der Waals surface area contributed by atoms with Crippen molar-refractivity contribution in [1.29, 1.82) is 0 Å². The Balaban J connectivity index is 1.45. The molecule has 116 valence electrons. The highest BCUT2D eigenvalue weighted by molar-refractivity contribution is 6.01. The summed E-state index contributed by atoms with van der Waals surface area (Å²) in [6, 6.07) is 5.70. The van der Waals surface area contributed by atoms with Crippen LogP contribution in [0.4, 0.5) is 16.2 Å². The lowest BCUT2D eigenvalue weighted by Gasteiger charge is -2.18. The maximum atomic E-state index is 12.4. The van der Waals surface area contributed by atoms with Crippen molar-refractivity contribution in [3.63, 3.8) is 0 Å². The van der Waals surface area contributed by atoms with Gasteiger partial charge in [-0.3, -0.25) is 4.79 Å². The fourth-order valence-electron chi connectivity index (χ4n) is 4.15. The number of hydrogen-bond acceptors (Lipinski definition) is 2. The van der Waals surface area contributed by atoms with Crippen LogP contribution < -0.4 is 10.2 Å². The molecule has 5 nitrogen and oxygen atoms in total. The van der Waals surface area contributed by atoms with Crippen LogP contribution in [0.1, 0.15) is 24.8 Å². The molecule has 5 heteroatoms. The van der Waals surface area contributed by atoms with Crippen LogP contribution in [0.15, 0.2) is 18.2 Å². The zero-order valence-electron chi connectivity index (χ0n) is 12.8. The van der Waals surface area contributed by atoms with E-state index in [4.69, 9.17) is 0 Å². The van der Waals surface area contributed by atoms with Crippen LogP contribution in [0.25, 0.3) is 0 Å². The number of anilines is 2. The Morgan fingerprint density at radius 1 is 1.23 bits per heavy atom. The summed E-state index contributed by atoms with van der Waals surface area (Å²) in [6.45, 7) is 1.78. The predicted molar refractivity (Wildman–Crippen MR) is 85.0 cm³/mol. The number of rotatable bonds is 1. The third-order valence-electron chi connectivity index (χ3n) is 5.42. The molecular weight excluding hydrogens is 278 g/mol. The van der Waals surface area contributed by atoms with Crippen LogP contribution in [-0.4, -0.2) is 37.0 Å². The highest BCUT2D eigenvalue weighted by Crippen LogP contribution is 2.38. The Hall–Kier alpha value is -2.04. The predicted octanol–water partition coefficient (Wildman–Crippen LogP) is 2.47. The SMILES string of the molecule is CN1C(=O)Cc2cc(NC(=O)N3CC4CCCC4C3)ccc21. The molecule has 3 amide bonds. The Labute approximate surface area is 130 Å². The van der Waals surface area contributed by atoms with Crippen LogP contribution in [0, 0.1) is 11.8 Å². The lowest BCUT2D eigenvalue weighted by atomic mass is 10.0. The second-order valence-corrected chi connectivity index (χ2v) is 6.76. The lowest BCUT2D eigenvalue weighted by Crippen LogP contribution is -2.33. The standard InChI is InChI=1S/C17H21N3O2/c1-19-15-6-5-14(7-13(15)8-16(19)21)18-17(22)20-9-11-3-2-4-12(11)10-20/h5-7,11-12H,2-4,8-10H2,1H3,(H,18,22). The number of nitrogens with zero attached hydrogens (tertiary/aromatic N) is 2. The lowest BCUT2D eigenvalue weighted by molar-refractivity contribution is -0.117. The van der Waals surface area contributed by atoms with Crippen LogP contribution in [0.3, 0.4) is 0 Å². The monoisotopic (exact) mass is 299 g/mol. The Bertz CT molecular complexity index is 631. The molecule has 2 aliphatic heterocycles. The molecule has 0 bridgehead atoms. The molecule has 1 saturated heterocycles. The van der Waals surface area contributed by atoms with Gasteiger partial charge < -0.3 is 15.1 Å². The summed E-state index contributed by atoms with van der Waals surface area (Å²) in [7, 11) is 1.79. The first kappa shape index (κ1) is 13.6. The summed E-state index contributed by atoms with van der Waals surface area (Å²) >= 11 is 0. The topological polar surface area (TPSA) is 52.7 Å². The van der Waals surface area contributed by atoms with E-state index >= 15 is 0 Å². The largest absolute Gasteiger partial charge is 0.324 e. The van der Waals surface area contributed by atoms with Gasteiger partial charge in [0.1, 0.15) is 0 Å². The van der Waals surface area contributed by atoms with Gasteiger partial charge in [0, 0.05) is 31.5 Å². The molecule has 22 heavy (non-hydrogen) atoms. The number of fused-ring (bicyclic) bond motifs is 2. The fourth-order valence-corrected chi connectivity index (χ4v) is 4.15. The number of benzene rings is 1. The van der Waals surface area contributed by atoms with Gasteiger partial charge in [-0.2, -0.15) is 0 Å². The van der Waals surface area contributed by atoms with Crippen molar-refractivity contribution in [3.8, 4) is 0 Å². The van der Waals surface area contributed by atoms with Gasteiger partial charge in [0.2, 0.25) is 5.91 Å². The van der Waals surface area contributed by atoms with E-state index < -0.39 is 0 Å². The number of likely N-dealkylation sites (N-methyl/N-ethyl adjacent to an activating group) is 1. The van der Waals surface area contributed by atoms with E-state index in [9.17, 15) is 9.59 Å². The molecule has 1 aromatic carbocycles. The van der Waals surface area contributed by atoms with Crippen molar-refractivity contribution in [2.75, 3.05) is 30.4 Å². The zero-order chi connectivity index (χ0) is 15.3. The molecule has 0 radical (unpaired) electrons. The van der Waals surface area contributed by atoms with E-state index in [0.29, 0.717) is 18.3 Å². The second-order valence-electron chi connectivity index (χ2n) is 6.76. The number of carbonyl (C=O) groups is 2. The van der Waals surface area contributed by atoms with Gasteiger partial charge in [0.25, 0.3) is 0 Å². The van der Waals surface area contributed by atoms with Gasteiger partial charge in [-0.25, -0.2) is 4.79 Å². The minimum absolute atomic E-state index is 0.00738. The molecular formula is C17H21N3O2. The zero-order valence-corrected chi connectivity index (χ0v) is 12.8. The number of nitrogens with one attached hydrogen (secondary N) is 1. The Morgan fingerprint density at radius 3 is 2.68 bits per heavy atom. The van der Waals surface area contributed by atoms with Gasteiger partial charge in [0.15, 0.2) is 0 Å². The first-order valence-electron chi connectivity index (χ1n) is 8.07. The van der Waals surface area contributed by atoms with E-state index in [2.05, 4.69) is 5.32 Å². The minimum Gasteiger partial charge on any atom is -0.324 e. The first-order valence-corrected chi connectivity index (χ1v) is 8.07. The van der Waals surface area contributed by atoms with Crippen molar-refractivity contribution < 1.29 is 9.59 Å². The molecule has 2 heterocycles. The average Bonchev–Trinajstić information content (AvgIpc) is 3.13. The minimum atomic E-state index is -0.00738. The summed E-state index contributed by atoms with van der Waals surface area (Å²) < 4.78 is 0. The molecule has 1 N–H and O–H groups in total. The third kappa shape index (κ3) is 2.16. The van der Waals surface area contributed by atoms with E-state index in [-0.39, 0.29) is 11.9 Å². The molecule has 3 aliphatic rings. The van der Waals surface area contributed by atoms with Crippen LogP contribution in [0.2, 0.25) is 0 Å². The van der Waals surface area contributed by atoms with Crippen molar-refractivity contribution in [3.05, 3.63) is 23.8 Å². The summed E-state index contributed by atoms with van der Waals surface area (Å²) in [5.41, 5.74) is 2.71. The van der Waals surface area contributed by atoms with Crippen molar-refractivity contribution >= 4 is 23.3 Å². The maximum Gasteiger partial charge on any atom is 0.321 e. The van der Waals surface area contributed by atoms with Crippen molar-refractivity contribution in [1.82, 2.24) is 4.90 Å². The Morgan fingerprint density at radius 2 is 1.95 bits per heavy atom. The average molecular weight is 299 g/mol. The van der Waals surface area contributed by atoms with Crippen LogP contribution in [0.5, 0.6) is 0 Å². The molecule has 0 spiro atoms. The molecule has 1 aliphatic carbocycles. The second kappa shape index (κ2) is 5.00. The Kier molecular flexibility index (Phi) is 3.10. The number of hydrogen-bond donors (Lipinski definition) is 1. The maximum absolute atomic E-state index is 12.4. The van der Waals surface area contributed by atoms with Crippen LogP contribution >= 0.6 is 0 Å². The van der Waals surface area contributed by atoms with E-state index in [1.165, 1.54) is 19.3 Å². The fraction of sp³-hybridized carbons (Fsp3) is 0.529. The highest BCUT2D eigenvalue weighted by atomic mass is 16.2. The number of amides is 3. The van der Waals surface area contributed by atoms with Gasteiger partial charge in [-0.15, -0.1) is 0 Å². The summed E-state index contributed by atoms with van der Waals surface area (Å²) in [5, 5.41) is 2.99. The van der Waals surface area contributed by atoms with Crippen molar-refractivity contribution in [2.45, 2.75) is 25.7 Å². The molecule has 4 rings (SSSR count). The summed E-state index contributed by atoms with van der Waals surface area (Å²) in [5.74, 6) is 1.51. The van der Waals surface area contributed by atoms with E-state index in [0.717, 1.165) is 30.0 Å². The molecule has 2 atom stereocenters. The van der Waals surface area contributed by atoms with Crippen LogP contribution in [-0.2, 0) is 11.2 Å². The molecule has 2 fully saturated rings. The number of urea groups is 1. The number of likely N-dealkylation sites (tertiary alicyclic amines) is 1. The summed E-state index contributed by atoms with van der Waals surface area (Å²) in [6.07, 6.45) is 4.27. The van der Waals surface area contributed by atoms with E-state index in [1.54, 1.807) is 11.9 Å². The van der Waals surface area contributed by atoms with Crippen molar-refractivity contribution in [2.24, 2.45) is 11.8 Å². The summed E-state index contributed by atoms with van der Waals surface area (Å²) in [4.78, 5) is 27.7. The van der Waals surface area contributed by atoms with Gasteiger partial charge in [-0.1, -0.05) is 6.42 Å². The molecule has 1 aromatic rings. The molecule has 1 saturated carbocycles. The molecule has 0 aromatic heterocycles. The van der Waals surface area contributed by atoms with E-state index in [1.807, 2.05) is 23.1 Å². The quantitative estimate of drug-likeness (QED) is 0.866. The smallest absolute Gasteiger partial charge is 0.321 e.